The fraction of sp³-hybridized carbons (Fsp3) is 0.400. The summed E-state index contributed by atoms with van der Waals surface area (Å²) in [6.45, 7) is 5.71. The lowest BCUT2D eigenvalue weighted by Gasteiger charge is -2.25. The van der Waals surface area contributed by atoms with E-state index in [1.807, 2.05) is 6.92 Å². The van der Waals surface area contributed by atoms with Gasteiger partial charge < -0.3 is 5.73 Å². The zero-order chi connectivity index (χ0) is 8.32. The van der Waals surface area contributed by atoms with Crippen molar-refractivity contribution in [1.82, 2.24) is 0 Å². The lowest BCUT2D eigenvalue weighted by atomic mass is 9.87. The molecule has 60 valence electrons. The third-order valence-electron chi connectivity index (χ3n) is 2.13. The van der Waals surface area contributed by atoms with Crippen molar-refractivity contribution in [2.24, 2.45) is 5.73 Å². The van der Waals surface area contributed by atoms with Gasteiger partial charge in [-0.2, -0.15) is 0 Å². The molecule has 0 heterocycles. The summed E-state index contributed by atoms with van der Waals surface area (Å²) in [5.41, 5.74) is 6.93. The molecule has 0 aliphatic heterocycles. The van der Waals surface area contributed by atoms with Crippen molar-refractivity contribution < 1.29 is 0 Å². The van der Waals surface area contributed by atoms with Crippen LogP contribution in [0.5, 0.6) is 0 Å². The van der Waals surface area contributed by atoms with E-state index in [1.54, 1.807) is 6.08 Å². The molecule has 0 aromatic heterocycles. The Morgan fingerprint density at radius 1 is 1.73 bits per heavy atom. The van der Waals surface area contributed by atoms with E-state index in [0.717, 1.165) is 12.8 Å². The van der Waals surface area contributed by atoms with Gasteiger partial charge in [-0.3, -0.25) is 0 Å². The molecule has 1 rings (SSSR count). The van der Waals surface area contributed by atoms with Crippen LogP contribution in [0.2, 0.25) is 0 Å². The van der Waals surface area contributed by atoms with E-state index in [2.05, 4.69) is 24.8 Å². The van der Waals surface area contributed by atoms with Crippen molar-refractivity contribution in [1.29, 1.82) is 0 Å². The van der Waals surface area contributed by atoms with Crippen LogP contribution in [0.4, 0.5) is 0 Å². The average Bonchev–Trinajstić information content (AvgIpc) is 2.06. The van der Waals surface area contributed by atoms with Crippen molar-refractivity contribution >= 4 is 0 Å². The molecule has 0 saturated carbocycles. The summed E-state index contributed by atoms with van der Waals surface area (Å²) in [6.07, 6.45) is 10.3. The molecule has 0 saturated heterocycles. The number of hydrogen-bond acceptors (Lipinski definition) is 1. The Kier molecular flexibility index (Phi) is 2.30. The summed E-state index contributed by atoms with van der Waals surface area (Å²) >= 11 is 0. The first-order chi connectivity index (χ1) is 5.17. The summed E-state index contributed by atoms with van der Waals surface area (Å²) in [5.74, 6) is 0. The van der Waals surface area contributed by atoms with Crippen LogP contribution in [-0.4, -0.2) is 5.54 Å². The first-order valence-electron chi connectivity index (χ1n) is 3.95. The van der Waals surface area contributed by atoms with E-state index in [4.69, 9.17) is 5.73 Å². The molecule has 1 atom stereocenters. The van der Waals surface area contributed by atoms with Crippen LogP contribution in [-0.2, 0) is 0 Å². The van der Waals surface area contributed by atoms with E-state index in [9.17, 15) is 0 Å². The van der Waals surface area contributed by atoms with Crippen LogP contribution >= 0.6 is 0 Å². The fourth-order valence-electron chi connectivity index (χ4n) is 1.18. The SMILES string of the molecule is C=C[C@](C)(N)C1=CC=CCC1. The minimum atomic E-state index is -0.315. The molecule has 0 unspecified atom stereocenters. The van der Waals surface area contributed by atoms with E-state index < -0.39 is 0 Å². The quantitative estimate of drug-likeness (QED) is 0.598. The summed E-state index contributed by atoms with van der Waals surface area (Å²) in [6, 6.07) is 0. The van der Waals surface area contributed by atoms with Crippen LogP contribution < -0.4 is 5.73 Å². The molecule has 1 nitrogen and oxygen atoms in total. The molecule has 1 aliphatic carbocycles. The molecule has 0 amide bonds. The smallest absolute Gasteiger partial charge is 0.0526 e. The van der Waals surface area contributed by atoms with Gasteiger partial charge in [0.15, 0.2) is 0 Å². The number of hydrogen-bond donors (Lipinski definition) is 1. The summed E-state index contributed by atoms with van der Waals surface area (Å²) in [4.78, 5) is 0. The van der Waals surface area contributed by atoms with Crippen LogP contribution in [0.3, 0.4) is 0 Å². The maximum absolute atomic E-state index is 5.97. The van der Waals surface area contributed by atoms with Crippen molar-refractivity contribution in [2.45, 2.75) is 25.3 Å². The van der Waals surface area contributed by atoms with Crippen molar-refractivity contribution in [2.75, 3.05) is 0 Å². The van der Waals surface area contributed by atoms with Gasteiger partial charge in [-0.1, -0.05) is 24.3 Å². The Balaban J connectivity index is 2.80. The Bertz CT molecular complexity index is 209. The minimum absolute atomic E-state index is 0.315. The molecule has 0 fully saturated rings. The highest BCUT2D eigenvalue weighted by atomic mass is 14.7. The molecule has 0 aromatic rings. The molecule has 1 aliphatic rings. The van der Waals surface area contributed by atoms with Crippen LogP contribution in [0, 0.1) is 0 Å². The van der Waals surface area contributed by atoms with Crippen LogP contribution in [0.15, 0.2) is 36.5 Å². The van der Waals surface area contributed by atoms with Gasteiger partial charge >= 0.3 is 0 Å². The molecule has 0 bridgehead atoms. The van der Waals surface area contributed by atoms with Crippen molar-refractivity contribution in [3.8, 4) is 0 Å². The normalized spacial score (nSPS) is 22.2. The third kappa shape index (κ3) is 1.81. The lowest BCUT2D eigenvalue weighted by Crippen LogP contribution is -2.35. The van der Waals surface area contributed by atoms with Gasteiger partial charge in [-0.15, -0.1) is 6.58 Å². The molecule has 0 spiro atoms. The first kappa shape index (κ1) is 8.28. The van der Waals surface area contributed by atoms with E-state index in [1.165, 1.54) is 5.57 Å². The Morgan fingerprint density at radius 3 is 2.91 bits per heavy atom. The largest absolute Gasteiger partial charge is 0.319 e. The fourth-order valence-corrected chi connectivity index (χ4v) is 1.18. The number of rotatable bonds is 2. The highest BCUT2D eigenvalue weighted by Crippen LogP contribution is 2.22. The minimum Gasteiger partial charge on any atom is -0.319 e. The van der Waals surface area contributed by atoms with Gasteiger partial charge in [-0.05, 0) is 25.3 Å². The molecule has 0 aromatic carbocycles. The predicted octanol–water partition coefficient (Wildman–Crippen LogP) is 2.17. The lowest BCUT2D eigenvalue weighted by molar-refractivity contribution is 0.646. The topological polar surface area (TPSA) is 26.0 Å². The van der Waals surface area contributed by atoms with Gasteiger partial charge in [0, 0.05) is 0 Å². The van der Waals surface area contributed by atoms with Gasteiger partial charge in [-0.25, -0.2) is 0 Å². The van der Waals surface area contributed by atoms with E-state index in [-0.39, 0.29) is 5.54 Å². The van der Waals surface area contributed by atoms with Gasteiger partial charge in [0.1, 0.15) is 0 Å². The highest BCUT2D eigenvalue weighted by molar-refractivity contribution is 5.30. The molecular weight excluding hydrogens is 134 g/mol. The average molecular weight is 149 g/mol. The Morgan fingerprint density at radius 2 is 2.45 bits per heavy atom. The second-order valence-electron chi connectivity index (χ2n) is 3.15. The van der Waals surface area contributed by atoms with Gasteiger partial charge in [0.2, 0.25) is 0 Å². The zero-order valence-corrected chi connectivity index (χ0v) is 7.01. The van der Waals surface area contributed by atoms with Gasteiger partial charge in [0.05, 0.1) is 5.54 Å². The maximum Gasteiger partial charge on any atom is 0.0526 e. The van der Waals surface area contributed by atoms with Crippen LogP contribution in [0.1, 0.15) is 19.8 Å². The molecule has 0 radical (unpaired) electrons. The number of allylic oxidation sites excluding steroid dienone is 3. The van der Waals surface area contributed by atoms with E-state index >= 15 is 0 Å². The highest BCUT2D eigenvalue weighted by Gasteiger charge is 2.19. The van der Waals surface area contributed by atoms with Crippen molar-refractivity contribution in [3.05, 3.63) is 36.5 Å². The second-order valence-corrected chi connectivity index (χ2v) is 3.15. The van der Waals surface area contributed by atoms with Gasteiger partial charge in [0.25, 0.3) is 0 Å². The Hall–Kier alpha value is -0.820. The van der Waals surface area contributed by atoms with E-state index in [0.29, 0.717) is 0 Å². The summed E-state index contributed by atoms with van der Waals surface area (Å²) < 4.78 is 0. The molecule has 1 heteroatoms. The zero-order valence-electron chi connectivity index (χ0n) is 7.01. The Labute approximate surface area is 68.3 Å². The summed E-state index contributed by atoms with van der Waals surface area (Å²) in [7, 11) is 0. The molecular formula is C10H15N. The summed E-state index contributed by atoms with van der Waals surface area (Å²) in [5, 5.41) is 0. The monoisotopic (exact) mass is 149 g/mol. The van der Waals surface area contributed by atoms with Crippen molar-refractivity contribution in [3.63, 3.8) is 0 Å². The van der Waals surface area contributed by atoms with Crippen LogP contribution in [0.25, 0.3) is 0 Å². The standard InChI is InChI=1S/C10H15N/c1-3-10(2,11)9-7-5-4-6-8-9/h3-5,7H,1,6,8,11H2,2H3/t10-/m0/s1. The molecule has 11 heavy (non-hydrogen) atoms. The number of nitrogens with two attached hydrogens (primary N) is 1. The first-order valence-corrected chi connectivity index (χ1v) is 3.95. The maximum atomic E-state index is 5.97. The second kappa shape index (κ2) is 3.05. The third-order valence-corrected chi connectivity index (χ3v) is 2.13. The molecule has 2 N–H and O–H groups in total. The predicted molar refractivity (Wildman–Crippen MR) is 49.2 cm³/mol.